The first-order valence-electron chi connectivity index (χ1n) is 10.1. The van der Waals surface area contributed by atoms with Crippen LogP contribution in [0.1, 0.15) is 39.9 Å². The van der Waals surface area contributed by atoms with Crippen molar-refractivity contribution in [3.05, 3.63) is 64.7 Å². The second-order valence-corrected chi connectivity index (χ2v) is 9.75. The van der Waals surface area contributed by atoms with Gasteiger partial charge >= 0.3 is 0 Å². The first-order chi connectivity index (χ1) is 14.2. The average Bonchev–Trinajstić information content (AvgIpc) is 2.74. The molecule has 1 saturated heterocycles. The van der Waals surface area contributed by atoms with Crippen molar-refractivity contribution >= 4 is 21.7 Å². The summed E-state index contributed by atoms with van der Waals surface area (Å²) >= 11 is 0. The van der Waals surface area contributed by atoms with Crippen LogP contribution in [0.25, 0.3) is 0 Å². The molecule has 0 bridgehead atoms. The van der Waals surface area contributed by atoms with E-state index in [0.717, 1.165) is 11.1 Å². The molecule has 1 amide bonds. The van der Waals surface area contributed by atoms with Gasteiger partial charge in [0.25, 0.3) is 0 Å². The molecule has 2 aromatic rings. The summed E-state index contributed by atoms with van der Waals surface area (Å²) in [5.41, 5.74) is 3.30. The summed E-state index contributed by atoms with van der Waals surface area (Å²) in [5.74, 6) is -0.168. The van der Waals surface area contributed by atoms with Crippen LogP contribution in [-0.4, -0.2) is 55.5 Å². The van der Waals surface area contributed by atoms with Crippen molar-refractivity contribution in [2.24, 2.45) is 0 Å². The Morgan fingerprint density at radius 3 is 2.07 bits per heavy atom. The van der Waals surface area contributed by atoms with Gasteiger partial charge in [0.1, 0.15) is 0 Å². The number of hydrogen-bond acceptors (Lipinski definition) is 4. The van der Waals surface area contributed by atoms with E-state index < -0.39 is 10.0 Å². The van der Waals surface area contributed by atoms with Gasteiger partial charge in [0.05, 0.1) is 4.90 Å². The lowest BCUT2D eigenvalue weighted by molar-refractivity contribution is -0.132. The van der Waals surface area contributed by atoms with E-state index in [0.29, 0.717) is 29.1 Å². The highest BCUT2D eigenvalue weighted by atomic mass is 32.2. The van der Waals surface area contributed by atoms with Crippen LogP contribution in [0.5, 0.6) is 0 Å². The molecule has 0 unspecified atom stereocenters. The van der Waals surface area contributed by atoms with E-state index in [9.17, 15) is 18.0 Å². The van der Waals surface area contributed by atoms with Crippen LogP contribution in [-0.2, 0) is 14.8 Å². The molecular formula is C23H28N2O4S. The minimum absolute atomic E-state index is 0.0560. The lowest BCUT2D eigenvalue weighted by Gasteiger charge is -2.34. The van der Waals surface area contributed by atoms with Gasteiger partial charge in [-0.1, -0.05) is 42.0 Å². The van der Waals surface area contributed by atoms with E-state index >= 15 is 0 Å². The molecule has 0 spiro atoms. The summed E-state index contributed by atoms with van der Waals surface area (Å²) < 4.78 is 27.5. The van der Waals surface area contributed by atoms with Crippen LogP contribution >= 0.6 is 0 Å². The molecule has 1 heterocycles. The maximum Gasteiger partial charge on any atom is 0.243 e. The van der Waals surface area contributed by atoms with Crippen LogP contribution < -0.4 is 0 Å². The van der Waals surface area contributed by atoms with Crippen molar-refractivity contribution in [2.45, 2.75) is 38.5 Å². The number of aryl methyl sites for hydroxylation is 3. The molecule has 1 fully saturated rings. The summed E-state index contributed by atoms with van der Waals surface area (Å²) in [6, 6.07) is 12.7. The zero-order chi connectivity index (χ0) is 21.9. The molecule has 1 aliphatic rings. The minimum atomic E-state index is -3.59. The van der Waals surface area contributed by atoms with E-state index in [2.05, 4.69) is 0 Å². The van der Waals surface area contributed by atoms with E-state index in [4.69, 9.17) is 0 Å². The molecule has 0 atom stereocenters. The van der Waals surface area contributed by atoms with Crippen LogP contribution in [0.15, 0.2) is 47.4 Å². The fourth-order valence-electron chi connectivity index (χ4n) is 3.56. The molecule has 0 saturated carbocycles. The summed E-state index contributed by atoms with van der Waals surface area (Å²) in [5, 5.41) is 0. The van der Waals surface area contributed by atoms with Gasteiger partial charge in [-0.3, -0.25) is 9.59 Å². The van der Waals surface area contributed by atoms with E-state index in [-0.39, 0.29) is 37.6 Å². The molecule has 30 heavy (non-hydrogen) atoms. The number of nitrogens with zero attached hydrogens (tertiary/aromatic N) is 2. The second kappa shape index (κ2) is 9.10. The van der Waals surface area contributed by atoms with Gasteiger partial charge in [-0.05, 0) is 38.0 Å². The molecule has 0 aliphatic carbocycles. The van der Waals surface area contributed by atoms with Crippen molar-refractivity contribution in [3.63, 3.8) is 0 Å². The number of benzene rings is 2. The maximum absolute atomic E-state index is 13.0. The van der Waals surface area contributed by atoms with Crippen molar-refractivity contribution in [1.29, 1.82) is 0 Å². The van der Waals surface area contributed by atoms with Crippen molar-refractivity contribution in [1.82, 2.24) is 9.21 Å². The third-order valence-corrected chi connectivity index (χ3v) is 7.53. The first-order valence-corrected chi connectivity index (χ1v) is 11.6. The smallest absolute Gasteiger partial charge is 0.243 e. The highest BCUT2D eigenvalue weighted by Crippen LogP contribution is 2.22. The maximum atomic E-state index is 13.0. The predicted molar refractivity (Wildman–Crippen MR) is 116 cm³/mol. The van der Waals surface area contributed by atoms with Gasteiger partial charge in [0, 0.05) is 44.6 Å². The molecular weight excluding hydrogens is 400 g/mol. The van der Waals surface area contributed by atoms with Crippen LogP contribution in [0.4, 0.5) is 0 Å². The largest absolute Gasteiger partial charge is 0.340 e. The molecule has 0 N–H and O–H groups in total. The zero-order valence-electron chi connectivity index (χ0n) is 17.7. The number of piperazine rings is 1. The lowest BCUT2D eigenvalue weighted by atomic mass is 10.0. The number of carbonyl (C=O) groups is 2. The SMILES string of the molecule is Cc1ccc(C(=O)CCC(=O)N2CCN(S(=O)(=O)c3cc(C)ccc3C)CC2)cc1. The standard InChI is InChI=1S/C23H28N2O4S/c1-17-5-8-20(9-6-17)21(26)10-11-23(27)24-12-14-25(15-13-24)30(28,29)22-16-18(2)4-7-19(22)3/h4-9,16H,10-15H2,1-3H3. The Morgan fingerprint density at radius 2 is 1.43 bits per heavy atom. The molecule has 1 aliphatic heterocycles. The number of carbonyl (C=O) groups excluding carboxylic acids is 2. The van der Waals surface area contributed by atoms with Gasteiger partial charge < -0.3 is 4.90 Å². The Bertz CT molecular complexity index is 1040. The Hall–Kier alpha value is -2.51. The molecule has 6 nitrogen and oxygen atoms in total. The molecule has 7 heteroatoms. The minimum Gasteiger partial charge on any atom is -0.340 e. The predicted octanol–water partition coefficient (Wildman–Crippen LogP) is 3.11. The average molecular weight is 429 g/mol. The summed E-state index contributed by atoms with van der Waals surface area (Å²) in [6.45, 7) is 6.80. The summed E-state index contributed by atoms with van der Waals surface area (Å²) in [4.78, 5) is 26.8. The third-order valence-electron chi connectivity index (χ3n) is 5.49. The lowest BCUT2D eigenvalue weighted by Crippen LogP contribution is -2.50. The van der Waals surface area contributed by atoms with Crippen molar-refractivity contribution < 1.29 is 18.0 Å². The Balaban J connectivity index is 1.55. The van der Waals surface area contributed by atoms with Gasteiger partial charge in [-0.2, -0.15) is 4.31 Å². The summed E-state index contributed by atoms with van der Waals surface area (Å²) in [7, 11) is -3.59. The number of rotatable bonds is 6. The Labute approximate surface area is 178 Å². The van der Waals surface area contributed by atoms with Crippen LogP contribution in [0.2, 0.25) is 0 Å². The second-order valence-electron chi connectivity index (χ2n) is 7.84. The number of ketones is 1. The van der Waals surface area contributed by atoms with Gasteiger partial charge in [-0.25, -0.2) is 8.42 Å². The number of amides is 1. The third kappa shape index (κ3) is 4.96. The van der Waals surface area contributed by atoms with E-state index in [1.807, 2.05) is 38.1 Å². The van der Waals surface area contributed by atoms with Gasteiger partial charge in [-0.15, -0.1) is 0 Å². The molecule has 2 aromatic carbocycles. The highest BCUT2D eigenvalue weighted by Gasteiger charge is 2.31. The number of hydrogen-bond donors (Lipinski definition) is 0. The molecule has 0 radical (unpaired) electrons. The number of sulfonamides is 1. The quantitative estimate of drug-likeness (QED) is 0.663. The highest BCUT2D eigenvalue weighted by molar-refractivity contribution is 7.89. The molecule has 160 valence electrons. The first kappa shape index (κ1) is 22.2. The fraction of sp³-hybridized carbons (Fsp3) is 0.391. The van der Waals surface area contributed by atoms with Gasteiger partial charge in [0.2, 0.25) is 15.9 Å². The monoisotopic (exact) mass is 428 g/mol. The molecule has 3 rings (SSSR count). The summed E-state index contributed by atoms with van der Waals surface area (Å²) in [6.07, 6.45) is 0.291. The van der Waals surface area contributed by atoms with Crippen molar-refractivity contribution in [3.8, 4) is 0 Å². The fourth-order valence-corrected chi connectivity index (χ4v) is 5.30. The Morgan fingerprint density at radius 1 is 0.833 bits per heavy atom. The van der Waals surface area contributed by atoms with E-state index in [1.54, 1.807) is 30.0 Å². The van der Waals surface area contributed by atoms with Crippen molar-refractivity contribution in [2.75, 3.05) is 26.2 Å². The number of Topliss-reactive ketones (excluding diaryl/α,β-unsaturated/α-hetero) is 1. The van der Waals surface area contributed by atoms with Crippen LogP contribution in [0.3, 0.4) is 0 Å². The van der Waals surface area contributed by atoms with Gasteiger partial charge in [0.15, 0.2) is 5.78 Å². The Kier molecular flexibility index (Phi) is 6.73. The topological polar surface area (TPSA) is 74.8 Å². The van der Waals surface area contributed by atoms with Crippen LogP contribution in [0, 0.1) is 20.8 Å². The molecule has 0 aromatic heterocycles. The zero-order valence-corrected chi connectivity index (χ0v) is 18.5. The van der Waals surface area contributed by atoms with E-state index in [1.165, 1.54) is 4.31 Å². The normalized spacial score (nSPS) is 15.2.